The van der Waals surface area contributed by atoms with Crippen LogP contribution in [-0.4, -0.2) is 43.5 Å². The molecule has 1 fully saturated rings. The van der Waals surface area contributed by atoms with Gasteiger partial charge in [0, 0.05) is 24.3 Å². The van der Waals surface area contributed by atoms with Gasteiger partial charge in [0.1, 0.15) is 0 Å². The highest BCUT2D eigenvalue weighted by Crippen LogP contribution is 2.26. The van der Waals surface area contributed by atoms with E-state index >= 15 is 0 Å². The molecule has 2 aromatic rings. The lowest BCUT2D eigenvalue weighted by Gasteiger charge is -2.17. The summed E-state index contributed by atoms with van der Waals surface area (Å²) in [6.45, 7) is 3.58. The van der Waals surface area contributed by atoms with Gasteiger partial charge in [-0.05, 0) is 49.7 Å². The summed E-state index contributed by atoms with van der Waals surface area (Å²) >= 11 is 0. The van der Waals surface area contributed by atoms with Crippen LogP contribution in [0.4, 0.5) is 11.4 Å². The first kappa shape index (κ1) is 22.0. The number of hydrogen-bond donors (Lipinski definition) is 1. The summed E-state index contributed by atoms with van der Waals surface area (Å²) in [6.07, 6.45) is -0.00211. The normalized spacial score (nSPS) is 15.5. The van der Waals surface area contributed by atoms with Crippen molar-refractivity contribution in [2.75, 3.05) is 30.0 Å². The van der Waals surface area contributed by atoms with Crippen molar-refractivity contribution in [1.29, 1.82) is 0 Å². The summed E-state index contributed by atoms with van der Waals surface area (Å²) in [5.74, 6) is -2.37. The van der Waals surface area contributed by atoms with E-state index in [1.54, 1.807) is 43.3 Å². The molecule has 0 bridgehead atoms. The van der Waals surface area contributed by atoms with Gasteiger partial charge in [-0.15, -0.1) is 0 Å². The van der Waals surface area contributed by atoms with E-state index < -0.39 is 30.4 Å². The number of rotatable bonds is 7. The maximum atomic E-state index is 12.4. The fourth-order valence-corrected chi connectivity index (χ4v) is 3.26. The molecule has 0 aromatic heterocycles. The van der Waals surface area contributed by atoms with Crippen LogP contribution in [0.25, 0.3) is 0 Å². The van der Waals surface area contributed by atoms with Crippen molar-refractivity contribution in [3.63, 3.8) is 0 Å². The minimum absolute atomic E-state index is 0.00211. The Kier molecular flexibility index (Phi) is 7.02. The number of nitrogens with one attached hydrogen (secondary N) is 1. The molecule has 1 saturated heterocycles. The highest BCUT2D eigenvalue weighted by molar-refractivity contribution is 6.00. The Balaban J connectivity index is 1.53. The molecule has 1 aliphatic heterocycles. The van der Waals surface area contributed by atoms with Crippen LogP contribution in [-0.2, 0) is 23.9 Å². The second-order valence-electron chi connectivity index (χ2n) is 7.14. The van der Waals surface area contributed by atoms with E-state index in [-0.39, 0.29) is 25.5 Å². The van der Waals surface area contributed by atoms with Gasteiger partial charge in [-0.2, -0.15) is 0 Å². The first-order chi connectivity index (χ1) is 14.9. The predicted molar refractivity (Wildman–Crippen MR) is 114 cm³/mol. The lowest BCUT2D eigenvalue weighted by molar-refractivity contribution is -0.151. The average molecular weight is 424 g/mol. The monoisotopic (exact) mass is 424 g/mol. The molecule has 0 saturated carbocycles. The first-order valence-electron chi connectivity index (χ1n) is 9.98. The van der Waals surface area contributed by atoms with Crippen LogP contribution in [0, 0.1) is 12.8 Å². The molecule has 1 atom stereocenters. The van der Waals surface area contributed by atoms with E-state index in [1.165, 1.54) is 4.90 Å². The molecule has 1 N–H and O–H groups in total. The molecule has 1 heterocycles. The van der Waals surface area contributed by atoms with Gasteiger partial charge < -0.3 is 19.7 Å². The number of nitrogens with zero attached hydrogens (tertiary/aromatic N) is 1. The highest BCUT2D eigenvalue weighted by atomic mass is 16.5. The molecule has 2 amide bonds. The third kappa shape index (κ3) is 5.48. The number of carbonyl (C=O) groups is 4. The zero-order chi connectivity index (χ0) is 22.4. The fraction of sp³-hybridized carbons (Fsp3) is 0.304. The topological polar surface area (TPSA) is 102 Å². The molecule has 0 unspecified atom stereocenters. The minimum atomic E-state index is -0.663. The second-order valence-corrected chi connectivity index (χ2v) is 7.14. The molecule has 8 nitrogen and oxygen atoms in total. The van der Waals surface area contributed by atoms with Crippen molar-refractivity contribution in [3.05, 3.63) is 59.7 Å². The number of carbonyl (C=O) groups excluding carboxylic acids is 4. The van der Waals surface area contributed by atoms with Crippen LogP contribution in [0.5, 0.6) is 0 Å². The number of amides is 2. The smallest absolute Gasteiger partial charge is 0.338 e. The van der Waals surface area contributed by atoms with Gasteiger partial charge in [-0.25, -0.2) is 4.79 Å². The van der Waals surface area contributed by atoms with E-state index in [0.717, 1.165) is 5.56 Å². The number of ether oxygens (including phenoxy) is 2. The molecule has 1 aliphatic rings. The van der Waals surface area contributed by atoms with Crippen molar-refractivity contribution in [2.24, 2.45) is 5.92 Å². The summed E-state index contributed by atoms with van der Waals surface area (Å²) in [5, 5.41) is 2.69. The van der Waals surface area contributed by atoms with Gasteiger partial charge in [0.25, 0.3) is 5.91 Å². The Labute approximate surface area is 180 Å². The molecule has 0 radical (unpaired) electrons. The van der Waals surface area contributed by atoms with E-state index in [2.05, 4.69) is 5.32 Å². The number of para-hydroxylation sites is 1. The van der Waals surface area contributed by atoms with Gasteiger partial charge in [-0.1, -0.05) is 18.2 Å². The van der Waals surface area contributed by atoms with Crippen LogP contribution in [0.3, 0.4) is 0 Å². The molecule has 0 aliphatic carbocycles. The van der Waals surface area contributed by atoms with Gasteiger partial charge >= 0.3 is 11.9 Å². The Morgan fingerprint density at radius 1 is 1.06 bits per heavy atom. The lowest BCUT2D eigenvalue weighted by Crippen LogP contribution is -2.28. The van der Waals surface area contributed by atoms with Gasteiger partial charge in [-0.3, -0.25) is 14.4 Å². The van der Waals surface area contributed by atoms with Crippen molar-refractivity contribution >= 4 is 35.1 Å². The number of benzene rings is 2. The zero-order valence-electron chi connectivity index (χ0n) is 17.4. The summed E-state index contributed by atoms with van der Waals surface area (Å²) < 4.78 is 10.1. The molecular weight excluding hydrogens is 400 g/mol. The number of hydrogen-bond acceptors (Lipinski definition) is 6. The van der Waals surface area contributed by atoms with Gasteiger partial charge in [0.15, 0.2) is 6.61 Å². The SMILES string of the molecule is CCOC(=O)c1ccc(N2C[C@@H](C(=O)OCC(=O)Nc3ccccc3C)CC2=O)cc1. The van der Waals surface area contributed by atoms with Crippen molar-refractivity contribution in [2.45, 2.75) is 20.3 Å². The maximum Gasteiger partial charge on any atom is 0.338 e. The van der Waals surface area contributed by atoms with Crippen LogP contribution < -0.4 is 10.2 Å². The molecule has 162 valence electrons. The summed E-state index contributed by atoms with van der Waals surface area (Å²) in [4.78, 5) is 50.0. The van der Waals surface area contributed by atoms with Crippen LogP contribution in [0.2, 0.25) is 0 Å². The van der Waals surface area contributed by atoms with E-state index in [9.17, 15) is 19.2 Å². The van der Waals surface area contributed by atoms with Crippen molar-refractivity contribution in [1.82, 2.24) is 0 Å². The number of aryl methyl sites for hydroxylation is 1. The quantitative estimate of drug-likeness (QED) is 0.686. The van der Waals surface area contributed by atoms with Crippen molar-refractivity contribution in [3.8, 4) is 0 Å². The standard InChI is InChI=1S/C23H24N2O6/c1-3-30-22(28)16-8-10-18(11-9-16)25-13-17(12-21(25)27)23(29)31-14-20(26)24-19-7-5-4-6-15(19)2/h4-11,17H,3,12-14H2,1-2H3,(H,24,26)/t17-/m0/s1. The van der Waals surface area contributed by atoms with Crippen LogP contribution >= 0.6 is 0 Å². The lowest BCUT2D eigenvalue weighted by atomic mass is 10.1. The molecule has 3 rings (SSSR count). The maximum absolute atomic E-state index is 12.4. The largest absolute Gasteiger partial charge is 0.462 e. The van der Waals surface area contributed by atoms with Crippen molar-refractivity contribution < 1.29 is 28.7 Å². The minimum Gasteiger partial charge on any atom is -0.462 e. The van der Waals surface area contributed by atoms with E-state index in [1.807, 2.05) is 19.1 Å². The Bertz CT molecular complexity index is 986. The number of esters is 2. The summed E-state index contributed by atoms with van der Waals surface area (Å²) in [7, 11) is 0. The predicted octanol–water partition coefficient (Wildman–Crippen LogP) is 2.71. The first-order valence-corrected chi connectivity index (χ1v) is 9.98. The van der Waals surface area contributed by atoms with E-state index in [0.29, 0.717) is 16.9 Å². The average Bonchev–Trinajstić information content (AvgIpc) is 3.15. The molecular formula is C23H24N2O6. The van der Waals surface area contributed by atoms with Crippen LogP contribution in [0.1, 0.15) is 29.3 Å². The molecule has 2 aromatic carbocycles. The fourth-order valence-electron chi connectivity index (χ4n) is 3.26. The van der Waals surface area contributed by atoms with Crippen LogP contribution in [0.15, 0.2) is 48.5 Å². The third-order valence-corrected chi connectivity index (χ3v) is 4.91. The molecule has 8 heteroatoms. The summed E-state index contributed by atoms with van der Waals surface area (Å²) in [6, 6.07) is 13.7. The Hall–Kier alpha value is -3.68. The molecule has 0 spiro atoms. The Morgan fingerprint density at radius 3 is 2.45 bits per heavy atom. The summed E-state index contributed by atoms with van der Waals surface area (Å²) in [5.41, 5.74) is 2.50. The second kappa shape index (κ2) is 9.88. The zero-order valence-corrected chi connectivity index (χ0v) is 17.4. The molecule has 31 heavy (non-hydrogen) atoms. The van der Waals surface area contributed by atoms with Gasteiger partial charge in [0.05, 0.1) is 18.1 Å². The highest BCUT2D eigenvalue weighted by Gasteiger charge is 2.36. The number of anilines is 2. The Morgan fingerprint density at radius 2 is 1.77 bits per heavy atom. The van der Waals surface area contributed by atoms with E-state index in [4.69, 9.17) is 9.47 Å². The van der Waals surface area contributed by atoms with Gasteiger partial charge in [0.2, 0.25) is 5.91 Å². The third-order valence-electron chi connectivity index (χ3n) is 4.91.